The van der Waals surface area contributed by atoms with E-state index >= 15 is 0 Å². The van der Waals surface area contributed by atoms with Crippen molar-refractivity contribution in [1.29, 1.82) is 0 Å². The summed E-state index contributed by atoms with van der Waals surface area (Å²) < 4.78 is 16.3. The Labute approximate surface area is 106 Å². The molecule has 2 N–H and O–H groups in total. The van der Waals surface area contributed by atoms with Gasteiger partial charge in [-0.1, -0.05) is 0 Å². The molecule has 6 nitrogen and oxygen atoms in total. The molecule has 1 saturated heterocycles. The fourth-order valence-electron chi connectivity index (χ4n) is 1.78. The summed E-state index contributed by atoms with van der Waals surface area (Å²) in [6.45, 7) is 4.20. The van der Waals surface area contributed by atoms with Crippen LogP contribution in [0.2, 0.25) is 0 Å². The highest BCUT2D eigenvalue weighted by Gasteiger charge is 2.16. The van der Waals surface area contributed by atoms with Crippen molar-refractivity contribution in [2.24, 2.45) is 0 Å². The minimum atomic E-state index is 0.163. The Morgan fingerprint density at radius 2 is 2.39 bits per heavy atom. The maximum Gasteiger partial charge on any atom is 0.218 e. The molecule has 0 saturated carbocycles. The molecule has 1 fully saturated rings. The molecule has 1 aliphatic rings. The highest BCUT2D eigenvalue weighted by atomic mass is 16.5. The second kappa shape index (κ2) is 6.51. The third kappa shape index (κ3) is 3.82. The molecule has 0 amide bonds. The first-order valence-corrected chi connectivity index (χ1v) is 6.23. The first-order valence-electron chi connectivity index (χ1n) is 6.23. The van der Waals surface area contributed by atoms with Crippen LogP contribution < -0.4 is 10.5 Å². The molecular formula is C12H19N3O3. The lowest BCUT2D eigenvalue weighted by Gasteiger charge is -2.11. The normalized spacial score (nSPS) is 19.1. The van der Waals surface area contributed by atoms with Crippen LogP contribution in [0.1, 0.15) is 25.6 Å². The maximum absolute atomic E-state index is 5.70. The van der Waals surface area contributed by atoms with E-state index in [1.54, 1.807) is 6.07 Å². The number of hydrogen-bond acceptors (Lipinski definition) is 6. The van der Waals surface area contributed by atoms with Crippen LogP contribution in [0.5, 0.6) is 5.88 Å². The summed E-state index contributed by atoms with van der Waals surface area (Å²) in [5.41, 5.74) is 5.70. The standard InChI is InChI=1S/C12H19N3O3/c1-2-16-8-11-14-10(13)6-12(15-11)18-7-9-4-3-5-17-9/h6,9H,2-5,7-8H2,1H3,(H2,13,14,15). The van der Waals surface area contributed by atoms with Crippen LogP contribution >= 0.6 is 0 Å². The summed E-state index contributed by atoms with van der Waals surface area (Å²) >= 11 is 0. The Balaban J connectivity index is 1.91. The zero-order chi connectivity index (χ0) is 12.8. The van der Waals surface area contributed by atoms with Gasteiger partial charge in [0.05, 0.1) is 6.10 Å². The number of hydrogen-bond donors (Lipinski definition) is 1. The van der Waals surface area contributed by atoms with Gasteiger partial charge in [0, 0.05) is 19.3 Å². The average molecular weight is 253 g/mol. The van der Waals surface area contributed by atoms with Gasteiger partial charge in [0.2, 0.25) is 5.88 Å². The molecule has 1 aromatic heterocycles. The maximum atomic E-state index is 5.70. The quantitative estimate of drug-likeness (QED) is 0.819. The van der Waals surface area contributed by atoms with Gasteiger partial charge in [-0.05, 0) is 19.8 Å². The summed E-state index contributed by atoms with van der Waals surface area (Å²) in [5, 5.41) is 0. The van der Waals surface area contributed by atoms with Gasteiger partial charge < -0.3 is 19.9 Å². The van der Waals surface area contributed by atoms with E-state index in [0.717, 1.165) is 19.4 Å². The number of rotatable bonds is 6. The molecule has 6 heteroatoms. The van der Waals surface area contributed by atoms with Gasteiger partial charge in [-0.25, -0.2) is 4.98 Å². The SMILES string of the molecule is CCOCc1nc(N)cc(OCC2CCCO2)n1. The molecule has 0 bridgehead atoms. The Hall–Kier alpha value is -1.40. The van der Waals surface area contributed by atoms with Gasteiger partial charge in [0.1, 0.15) is 19.0 Å². The van der Waals surface area contributed by atoms with E-state index in [2.05, 4.69) is 9.97 Å². The lowest BCUT2D eigenvalue weighted by atomic mass is 10.2. The van der Waals surface area contributed by atoms with Crippen molar-refractivity contribution >= 4 is 5.82 Å². The number of ether oxygens (including phenoxy) is 3. The first kappa shape index (κ1) is 13.0. The molecule has 18 heavy (non-hydrogen) atoms. The Bertz CT molecular complexity index is 381. The predicted octanol–water partition coefficient (Wildman–Crippen LogP) is 1.15. The second-order valence-electron chi connectivity index (χ2n) is 4.13. The molecule has 1 unspecified atom stereocenters. The van der Waals surface area contributed by atoms with Crippen molar-refractivity contribution < 1.29 is 14.2 Å². The molecule has 0 spiro atoms. The number of aromatic nitrogens is 2. The van der Waals surface area contributed by atoms with Gasteiger partial charge in [0.15, 0.2) is 5.82 Å². The fourth-order valence-corrected chi connectivity index (χ4v) is 1.78. The topological polar surface area (TPSA) is 79.5 Å². The van der Waals surface area contributed by atoms with Crippen LogP contribution in [0.3, 0.4) is 0 Å². The Morgan fingerprint density at radius 3 is 3.11 bits per heavy atom. The van der Waals surface area contributed by atoms with Crippen LogP contribution in [-0.2, 0) is 16.1 Å². The third-order valence-corrected chi connectivity index (χ3v) is 2.65. The Kier molecular flexibility index (Phi) is 4.72. The monoisotopic (exact) mass is 253 g/mol. The zero-order valence-corrected chi connectivity index (χ0v) is 10.6. The minimum Gasteiger partial charge on any atom is -0.475 e. The van der Waals surface area contributed by atoms with Crippen molar-refractivity contribution in [3.63, 3.8) is 0 Å². The molecule has 2 rings (SSSR count). The van der Waals surface area contributed by atoms with E-state index < -0.39 is 0 Å². The molecule has 1 aliphatic heterocycles. The molecule has 2 heterocycles. The van der Waals surface area contributed by atoms with Crippen LogP contribution in [0.4, 0.5) is 5.82 Å². The highest BCUT2D eigenvalue weighted by Crippen LogP contribution is 2.16. The van der Waals surface area contributed by atoms with E-state index in [1.807, 2.05) is 6.92 Å². The van der Waals surface area contributed by atoms with Gasteiger partial charge in [-0.3, -0.25) is 0 Å². The smallest absolute Gasteiger partial charge is 0.218 e. The Morgan fingerprint density at radius 1 is 1.50 bits per heavy atom. The molecule has 0 radical (unpaired) electrons. The van der Waals surface area contributed by atoms with Crippen LogP contribution in [-0.4, -0.2) is 35.9 Å². The molecule has 0 aliphatic carbocycles. The zero-order valence-electron chi connectivity index (χ0n) is 10.6. The lowest BCUT2D eigenvalue weighted by Crippen LogP contribution is -2.17. The minimum absolute atomic E-state index is 0.163. The summed E-state index contributed by atoms with van der Waals surface area (Å²) in [4.78, 5) is 8.32. The van der Waals surface area contributed by atoms with Crippen LogP contribution in [0, 0.1) is 0 Å². The van der Waals surface area contributed by atoms with Gasteiger partial charge in [-0.15, -0.1) is 0 Å². The summed E-state index contributed by atoms with van der Waals surface area (Å²) in [5.74, 6) is 1.41. The van der Waals surface area contributed by atoms with Gasteiger partial charge in [0.25, 0.3) is 0 Å². The van der Waals surface area contributed by atoms with E-state index in [4.69, 9.17) is 19.9 Å². The van der Waals surface area contributed by atoms with Crippen molar-refractivity contribution in [3.05, 3.63) is 11.9 Å². The number of nitrogen functional groups attached to an aromatic ring is 1. The second-order valence-corrected chi connectivity index (χ2v) is 4.13. The average Bonchev–Trinajstić information content (AvgIpc) is 2.86. The van der Waals surface area contributed by atoms with Crippen molar-refractivity contribution in [2.75, 3.05) is 25.6 Å². The summed E-state index contributed by atoms with van der Waals surface area (Å²) in [7, 11) is 0. The molecule has 100 valence electrons. The van der Waals surface area contributed by atoms with Crippen LogP contribution in [0.25, 0.3) is 0 Å². The summed E-state index contributed by atoms with van der Waals surface area (Å²) in [6.07, 6.45) is 2.29. The molecule has 0 aromatic carbocycles. The van der Waals surface area contributed by atoms with Crippen LogP contribution in [0.15, 0.2) is 6.07 Å². The van der Waals surface area contributed by atoms with E-state index in [9.17, 15) is 0 Å². The summed E-state index contributed by atoms with van der Waals surface area (Å²) in [6, 6.07) is 1.62. The van der Waals surface area contributed by atoms with Gasteiger partial charge in [-0.2, -0.15) is 4.98 Å². The lowest BCUT2D eigenvalue weighted by molar-refractivity contribution is 0.0658. The number of nitrogens with zero attached hydrogens (tertiary/aromatic N) is 2. The molecule has 1 atom stereocenters. The fraction of sp³-hybridized carbons (Fsp3) is 0.667. The van der Waals surface area contributed by atoms with Crippen molar-refractivity contribution in [1.82, 2.24) is 9.97 Å². The molecular weight excluding hydrogens is 234 g/mol. The number of anilines is 1. The van der Waals surface area contributed by atoms with Gasteiger partial charge >= 0.3 is 0 Å². The highest BCUT2D eigenvalue weighted by molar-refractivity contribution is 5.32. The predicted molar refractivity (Wildman–Crippen MR) is 66.2 cm³/mol. The van der Waals surface area contributed by atoms with Crippen molar-refractivity contribution in [3.8, 4) is 5.88 Å². The van der Waals surface area contributed by atoms with E-state index in [1.165, 1.54) is 0 Å². The van der Waals surface area contributed by atoms with E-state index in [0.29, 0.717) is 37.3 Å². The first-order chi connectivity index (χ1) is 8.78. The molecule has 1 aromatic rings. The van der Waals surface area contributed by atoms with Crippen molar-refractivity contribution in [2.45, 2.75) is 32.5 Å². The van der Waals surface area contributed by atoms with E-state index in [-0.39, 0.29) is 6.10 Å². The third-order valence-electron chi connectivity index (χ3n) is 2.65. The largest absolute Gasteiger partial charge is 0.475 e. The number of nitrogens with two attached hydrogens (primary N) is 1.